The molecule has 0 aliphatic heterocycles. The third-order valence-electron chi connectivity index (χ3n) is 5.25. The van der Waals surface area contributed by atoms with Gasteiger partial charge in [0.15, 0.2) is 0 Å². The first-order valence-electron chi connectivity index (χ1n) is 10.1. The van der Waals surface area contributed by atoms with Crippen molar-refractivity contribution in [3.8, 4) is 0 Å². The maximum absolute atomic E-state index is 12.7. The van der Waals surface area contributed by atoms with Crippen LogP contribution in [-0.2, 0) is 24.9 Å². The van der Waals surface area contributed by atoms with Crippen molar-refractivity contribution < 1.29 is 4.79 Å². The van der Waals surface area contributed by atoms with Gasteiger partial charge in [-0.3, -0.25) is 19.0 Å². The summed E-state index contributed by atoms with van der Waals surface area (Å²) in [6.45, 7) is 3.30. The van der Waals surface area contributed by atoms with E-state index in [1.165, 1.54) is 14.7 Å². The SMILES string of the molecule is CC[C@@H](CN(C)Cc1ccccc1)NC(=O)Cn1c(=O)c(=O)n(C)c2ccccc21. The second kappa shape index (κ2) is 9.54. The Hall–Kier alpha value is -3.19. The fourth-order valence-corrected chi connectivity index (χ4v) is 3.64. The highest BCUT2D eigenvalue weighted by Crippen LogP contribution is 2.09. The van der Waals surface area contributed by atoms with E-state index in [1.54, 1.807) is 31.3 Å². The molecule has 1 heterocycles. The van der Waals surface area contributed by atoms with Crippen molar-refractivity contribution in [2.45, 2.75) is 32.5 Å². The number of aromatic nitrogens is 2. The maximum atomic E-state index is 12.7. The zero-order valence-electron chi connectivity index (χ0n) is 17.7. The molecule has 0 unspecified atom stereocenters. The quantitative estimate of drug-likeness (QED) is 0.576. The highest BCUT2D eigenvalue weighted by molar-refractivity contribution is 5.80. The van der Waals surface area contributed by atoms with Crippen molar-refractivity contribution in [3.63, 3.8) is 0 Å². The standard InChI is InChI=1S/C23H28N4O3/c1-4-18(15-25(2)14-17-10-6-5-7-11-17)24-21(28)16-27-20-13-9-8-12-19(20)26(3)22(29)23(27)30/h5-13,18H,4,14-16H2,1-3H3,(H,24,28)/t18-/m0/s1. The predicted octanol–water partition coefficient (Wildman–Crippen LogP) is 1.73. The second-order valence-corrected chi connectivity index (χ2v) is 7.60. The van der Waals surface area contributed by atoms with E-state index in [-0.39, 0.29) is 18.5 Å². The molecule has 0 aliphatic carbocycles. The number of hydrogen-bond acceptors (Lipinski definition) is 4. The summed E-state index contributed by atoms with van der Waals surface area (Å²) in [7, 11) is 3.58. The molecule has 0 saturated heterocycles. The number of aryl methyl sites for hydroxylation is 1. The Bertz CT molecular complexity index is 1130. The fraction of sp³-hybridized carbons (Fsp3) is 0.348. The molecule has 0 saturated carbocycles. The number of likely N-dealkylation sites (N-methyl/N-ethyl adjacent to an activating group) is 1. The van der Waals surface area contributed by atoms with E-state index in [0.29, 0.717) is 17.6 Å². The summed E-state index contributed by atoms with van der Waals surface area (Å²) in [6.07, 6.45) is 0.761. The first-order chi connectivity index (χ1) is 14.4. The molecule has 7 nitrogen and oxygen atoms in total. The largest absolute Gasteiger partial charge is 0.351 e. The van der Waals surface area contributed by atoms with Crippen molar-refractivity contribution in [2.75, 3.05) is 13.6 Å². The van der Waals surface area contributed by atoms with E-state index in [4.69, 9.17) is 0 Å². The smallest absolute Gasteiger partial charge is 0.317 e. The van der Waals surface area contributed by atoms with Gasteiger partial charge in [-0.25, -0.2) is 0 Å². The molecule has 30 heavy (non-hydrogen) atoms. The van der Waals surface area contributed by atoms with Gasteiger partial charge < -0.3 is 14.8 Å². The molecule has 1 amide bonds. The van der Waals surface area contributed by atoms with Gasteiger partial charge in [-0.2, -0.15) is 0 Å². The molecule has 0 bridgehead atoms. The number of fused-ring (bicyclic) bond motifs is 1. The van der Waals surface area contributed by atoms with Crippen molar-refractivity contribution in [1.29, 1.82) is 0 Å². The van der Waals surface area contributed by atoms with Crippen LogP contribution >= 0.6 is 0 Å². The zero-order chi connectivity index (χ0) is 21.7. The number of nitrogens with zero attached hydrogens (tertiary/aromatic N) is 3. The summed E-state index contributed by atoms with van der Waals surface area (Å²) < 4.78 is 2.58. The van der Waals surface area contributed by atoms with Gasteiger partial charge in [-0.05, 0) is 31.2 Å². The first kappa shape index (κ1) is 21.5. The molecule has 3 aromatic rings. The van der Waals surface area contributed by atoms with Crippen LogP contribution in [0.4, 0.5) is 0 Å². The summed E-state index contributed by atoms with van der Waals surface area (Å²) in [4.78, 5) is 39.7. The Kier molecular flexibility index (Phi) is 6.84. The molecule has 1 atom stereocenters. The molecule has 7 heteroatoms. The van der Waals surface area contributed by atoms with E-state index in [1.807, 2.05) is 32.2 Å². The summed E-state index contributed by atoms with van der Waals surface area (Å²) >= 11 is 0. The first-order valence-corrected chi connectivity index (χ1v) is 10.1. The summed E-state index contributed by atoms with van der Waals surface area (Å²) in [5, 5.41) is 3.01. The number of carbonyl (C=O) groups is 1. The minimum absolute atomic E-state index is 0.0558. The summed E-state index contributed by atoms with van der Waals surface area (Å²) in [5.74, 6) is -0.282. The van der Waals surface area contributed by atoms with E-state index in [0.717, 1.165) is 13.0 Å². The summed E-state index contributed by atoms with van der Waals surface area (Å²) in [6, 6.07) is 17.2. The number of benzene rings is 2. The van der Waals surface area contributed by atoms with Gasteiger partial charge in [0.05, 0.1) is 11.0 Å². The van der Waals surface area contributed by atoms with Crippen LogP contribution < -0.4 is 16.4 Å². The number of carbonyl (C=O) groups excluding carboxylic acids is 1. The Morgan fingerprint density at radius 3 is 2.30 bits per heavy atom. The van der Waals surface area contributed by atoms with E-state index >= 15 is 0 Å². The van der Waals surface area contributed by atoms with Gasteiger partial charge in [-0.15, -0.1) is 0 Å². The van der Waals surface area contributed by atoms with Crippen LogP contribution in [0.3, 0.4) is 0 Å². The van der Waals surface area contributed by atoms with Gasteiger partial charge in [0, 0.05) is 26.2 Å². The predicted molar refractivity (Wildman–Crippen MR) is 118 cm³/mol. The minimum Gasteiger partial charge on any atom is -0.351 e. The third-order valence-corrected chi connectivity index (χ3v) is 5.25. The second-order valence-electron chi connectivity index (χ2n) is 7.60. The number of amides is 1. The van der Waals surface area contributed by atoms with E-state index in [9.17, 15) is 14.4 Å². The van der Waals surface area contributed by atoms with Crippen LogP contribution in [-0.4, -0.2) is 39.6 Å². The van der Waals surface area contributed by atoms with Crippen LogP contribution in [0.2, 0.25) is 0 Å². The lowest BCUT2D eigenvalue weighted by atomic mass is 10.1. The molecule has 0 spiro atoms. The van der Waals surface area contributed by atoms with Crippen LogP contribution in [0.15, 0.2) is 64.2 Å². The van der Waals surface area contributed by atoms with Crippen molar-refractivity contribution >= 4 is 16.9 Å². The lowest BCUT2D eigenvalue weighted by Crippen LogP contribution is -2.46. The fourth-order valence-electron chi connectivity index (χ4n) is 3.64. The van der Waals surface area contributed by atoms with Gasteiger partial charge in [-0.1, -0.05) is 49.4 Å². The topological polar surface area (TPSA) is 76.3 Å². The number of nitrogens with one attached hydrogen (secondary N) is 1. The zero-order valence-corrected chi connectivity index (χ0v) is 17.7. The Labute approximate surface area is 175 Å². The molecule has 0 aliphatic rings. The molecule has 0 fully saturated rings. The van der Waals surface area contributed by atoms with Crippen molar-refractivity contribution in [2.24, 2.45) is 7.05 Å². The Morgan fingerprint density at radius 1 is 1.00 bits per heavy atom. The number of rotatable bonds is 8. The Morgan fingerprint density at radius 2 is 1.63 bits per heavy atom. The lowest BCUT2D eigenvalue weighted by molar-refractivity contribution is -0.122. The molecule has 1 N–H and O–H groups in total. The normalized spacial score (nSPS) is 12.3. The highest BCUT2D eigenvalue weighted by Gasteiger charge is 2.17. The lowest BCUT2D eigenvalue weighted by Gasteiger charge is -2.24. The molecule has 0 radical (unpaired) electrons. The van der Waals surface area contributed by atoms with Crippen LogP contribution in [0.25, 0.3) is 11.0 Å². The monoisotopic (exact) mass is 408 g/mol. The number of para-hydroxylation sites is 2. The molecular weight excluding hydrogens is 380 g/mol. The van der Waals surface area contributed by atoms with Crippen molar-refractivity contribution in [1.82, 2.24) is 19.4 Å². The molecular formula is C23H28N4O3. The van der Waals surface area contributed by atoms with Crippen molar-refractivity contribution in [3.05, 3.63) is 80.9 Å². The van der Waals surface area contributed by atoms with Crippen LogP contribution in [0.1, 0.15) is 18.9 Å². The van der Waals surface area contributed by atoms with E-state index in [2.05, 4.69) is 22.3 Å². The van der Waals surface area contributed by atoms with Gasteiger partial charge in [0.25, 0.3) is 0 Å². The molecule has 1 aromatic heterocycles. The highest BCUT2D eigenvalue weighted by atomic mass is 16.2. The molecule has 158 valence electrons. The van der Waals surface area contributed by atoms with Crippen LogP contribution in [0, 0.1) is 0 Å². The van der Waals surface area contributed by atoms with Gasteiger partial charge >= 0.3 is 11.1 Å². The minimum atomic E-state index is -0.694. The van der Waals surface area contributed by atoms with E-state index < -0.39 is 11.1 Å². The average Bonchev–Trinajstić information content (AvgIpc) is 2.75. The maximum Gasteiger partial charge on any atom is 0.317 e. The Balaban J connectivity index is 1.71. The third kappa shape index (κ3) is 4.86. The molecule has 2 aromatic carbocycles. The van der Waals surface area contributed by atoms with Gasteiger partial charge in [0.1, 0.15) is 6.54 Å². The number of hydrogen-bond donors (Lipinski definition) is 1. The summed E-state index contributed by atoms with van der Waals surface area (Å²) in [5.41, 5.74) is 1.05. The van der Waals surface area contributed by atoms with Crippen LogP contribution in [0.5, 0.6) is 0 Å². The average molecular weight is 409 g/mol. The van der Waals surface area contributed by atoms with Gasteiger partial charge in [0.2, 0.25) is 5.91 Å². The molecule has 3 rings (SSSR count).